The largest absolute Gasteiger partial charge is 0.324 e. The predicted molar refractivity (Wildman–Crippen MR) is 69.4 cm³/mol. The van der Waals surface area contributed by atoms with E-state index in [1.54, 1.807) is 25.4 Å². The van der Waals surface area contributed by atoms with Gasteiger partial charge in [-0.3, -0.25) is 9.78 Å². The summed E-state index contributed by atoms with van der Waals surface area (Å²) in [5, 5.41) is 9.24. The third-order valence-corrected chi connectivity index (χ3v) is 3.16. The number of amides is 1. The van der Waals surface area contributed by atoms with Crippen molar-refractivity contribution in [1.29, 1.82) is 5.26 Å². The molecule has 0 aliphatic carbocycles. The van der Waals surface area contributed by atoms with Gasteiger partial charge in [0.25, 0.3) is 0 Å². The van der Waals surface area contributed by atoms with E-state index < -0.39 is 6.04 Å². The molecule has 0 fully saturated rings. The molecule has 1 aromatic heterocycles. The first-order valence-electron chi connectivity index (χ1n) is 6.22. The van der Waals surface area contributed by atoms with Crippen LogP contribution in [-0.4, -0.2) is 22.8 Å². The second-order valence-electron chi connectivity index (χ2n) is 4.25. The van der Waals surface area contributed by atoms with Gasteiger partial charge in [0.2, 0.25) is 5.91 Å². The van der Waals surface area contributed by atoms with Crippen LogP contribution in [0.1, 0.15) is 38.4 Å². The minimum atomic E-state index is -0.612. The molecule has 1 atom stereocenters. The van der Waals surface area contributed by atoms with Crippen LogP contribution in [0.15, 0.2) is 24.4 Å². The highest BCUT2D eigenvalue weighted by Crippen LogP contribution is 2.20. The number of pyridine rings is 1. The van der Waals surface area contributed by atoms with Gasteiger partial charge in [-0.05, 0) is 25.0 Å². The lowest BCUT2D eigenvalue weighted by molar-refractivity contribution is -0.135. The first-order chi connectivity index (χ1) is 8.65. The number of carbonyl (C=O) groups is 1. The zero-order valence-electron chi connectivity index (χ0n) is 11.1. The lowest BCUT2D eigenvalue weighted by Gasteiger charge is -2.26. The highest BCUT2D eigenvalue weighted by Gasteiger charge is 2.26. The van der Waals surface area contributed by atoms with Gasteiger partial charge in [-0.15, -0.1) is 0 Å². The fraction of sp³-hybridized carbons (Fsp3) is 0.500. The molecule has 0 aliphatic heterocycles. The van der Waals surface area contributed by atoms with Crippen LogP contribution in [0.5, 0.6) is 0 Å². The van der Waals surface area contributed by atoms with Gasteiger partial charge in [0.15, 0.2) is 6.04 Å². The average molecular weight is 245 g/mol. The summed E-state index contributed by atoms with van der Waals surface area (Å²) >= 11 is 0. The number of hydrogen-bond donors (Lipinski definition) is 0. The van der Waals surface area contributed by atoms with Gasteiger partial charge < -0.3 is 4.90 Å². The van der Waals surface area contributed by atoms with E-state index in [2.05, 4.69) is 11.1 Å². The normalized spacial score (nSPS) is 11.9. The lowest BCUT2D eigenvalue weighted by atomic mass is 10.0. The van der Waals surface area contributed by atoms with Crippen molar-refractivity contribution in [3.63, 3.8) is 0 Å². The van der Waals surface area contributed by atoms with Crippen LogP contribution in [0.2, 0.25) is 0 Å². The van der Waals surface area contributed by atoms with Crippen LogP contribution in [0.3, 0.4) is 0 Å². The van der Waals surface area contributed by atoms with E-state index in [9.17, 15) is 10.1 Å². The topological polar surface area (TPSA) is 57.0 Å². The van der Waals surface area contributed by atoms with E-state index in [0.717, 1.165) is 12.8 Å². The quantitative estimate of drug-likeness (QED) is 0.801. The Hall–Kier alpha value is -1.89. The fourth-order valence-electron chi connectivity index (χ4n) is 1.94. The summed E-state index contributed by atoms with van der Waals surface area (Å²) in [6.07, 6.45) is 3.22. The molecule has 1 aromatic rings. The molecule has 4 heteroatoms. The molecule has 1 heterocycles. The second-order valence-corrected chi connectivity index (χ2v) is 4.25. The van der Waals surface area contributed by atoms with Crippen molar-refractivity contribution >= 4 is 5.91 Å². The Morgan fingerprint density at radius 1 is 1.44 bits per heavy atom. The Labute approximate surface area is 108 Å². The Balaban J connectivity index is 2.90. The van der Waals surface area contributed by atoms with Crippen molar-refractivity contribution in [2.75, 3.05) is 7.05 Å². The van der Waals surface area contributed by atoms with Gasteiger partial charge in [-0.2, -0.15) is 5.26 Å². The molecule has 0 aromatic carbocycles. The van der Waals surface area contributed by atoms with Gasteiger partial charge >= 0.3 is 0 Å². The summed E-state index contributed by atoms with van der Waals surface area (Å²) in [5.74, 6) is -0.00762. The second kappa shape index (κ2) is 6.75. The highest BCUT2D eigenvalue weighted by molar-refractivity contribution is 5.79. The summed E-state index contributed by atoms with van der Waals surface area (Å²) in [6.45, 7) is 3.98. The smallest absolute Gasteiger partial charge is 0.226 e. The minimum absolute atomic E-state index is 0.0113. The molecule has 4 nitrogen and oxygen atoms in total. The molecule has 0 saturated heterocycles. The Kier molecular flexibility index (Phi) is 5.31. The Bertz CT molecular complexity index is 420. The first kappa shape index (κ1) is 14.2. The van der Waals surface area contributed by atoms with Crippen LogP contribution in [0.25, 0.3) is 0 Å². The summed E-state index contributed by atoms with van der Waals surface area (Å²) in [5.41, 5.74) is 0.613. The van der Waals surface area contributed by atoms with Crippen molar-refractivity contribution < 1.29 is 4.79 Å². The molecule has 1 rings (SSSR count). The molecule has 0 saturated carbocycles. The molecule has 0 bridgehead atoms. The van der Waals surface area contributed by atoms with Gasteiger partial charge in [0.1, 0.15) is 0 Å². The van der Waals surface area contributed by atoms with Crippen LogP contribution < -0.4 is 0 Å². The molecule has 1 unspecified atom stereocenters. The summed E-state index contributed by atoms with van der Waals surface area (Å²) in [6, 6.07) is 6.92. The van der Waals surface area contributed by atoms with Crippen molar-refractivity contribution in [1.82, 2.24) is 9.88 Å². The van der Waals surface area contributed by atoms with Crippen LogP contribution in [-0.2, 0) is 4.79 Å². The molecule has 96 valence electrons. The lowest BCUT2D eigenvalue weighted by Crippen LogP contribution is -2.35. The van der Waals surface area contributed by atoms with E-state index in [4.69, 9.17) is 0 Å². The molecular weight excluding hydrogens is 226 g/mol. The number of hydrogen-bond acceptors (Lipinski definition) is 3. The Morgan fingerprint density at radius 2 is 2.11 bits per heavy atom. The average Bonchev–Trinajstić information content (AvgIpc) is 2.42. The predicted octanol–water partition coefficient (Wildman–Crippen LogP) is 2.54. The van der Waals surface area contributed by atoms with Gasteiger partial charge in [0.05, 0.1) is 11.8 Å². The maximum atomic E-state index is 12.2. The van der Waals surface area contributed by atoms with E-state index in [1.165, 1.54) is 4.90 Å². The molecular formula is C14H19N3O. The number of nitrogens with zero attached hydrogens (tertiary/aromatic N) is 3. The zero-order valence-corrected chi connectivity index (χ0v) is 11.1. The van der Waals surface area contributed by atoms with Crippen molar-refractivity contribution in [2.45, 2.75) is 32.7 Å². The van der Waals surface area contributed by atoms with Crippen LogP contribution in [0.4, 0.5) is 0 Å². The number of carbonyl (C=O) groups excluding carboxylic acids is 1. The zero-order chi connectivity index (χ0) is 13.5. The number of rotatable bonds is 5. The molecule has 0 N–H and O–H groups in total. The molecule has 18 heavy (non-hydrogen) atoms. The standard InChI is InChI=1S/C14H19N3O/c1-4-11(5-2)14(18)17(3)13(10-15)12-8-6-7-9-16-12/h6-9,11,13H,4-5H2,1-3H3. The maximum Gasteiger partial charge on any atom is 0.226 e. The fourth-order valence-corrected chi connectivity index (χ4v) is 1.94. The third kappa shape index (κ3) is 3.07. The number of aromatic nitrogens is 1. The molecule has 0 radical (unpaired) electrons. The van der Waals surface area contributed by atoms with Crippen LogP contribution >= 0.6 is 0 Å². The van der Waals surface area contributed by atoms with Gasteiger partial charge in [0, 0.05) is 19.2 Å². The van der Waals surface area contributed by atoms with Crippen molar-refractivity contribution in [2.24, 2.45) is 5.92 Å². The van der Waals surface area contributed by atoms with Crippen molar-refractivity contribution in [3.8, 4) is 6.07 Å². The van der Waals surface area contributed by atoms with E-state index in [0.29, 0.717) is 5.69 Å². The first-order valence-corrected chi connectivity index (χ1v) is 6.22. The van der Waals surface area contributed by atoms with Crippen molar-refractivity contribution in [3.05, 3.63) is 30.1 Å². The molecule has 0 spiro atoms. The van der Waals surface area contributed by atoms with E-state index >= 15 is 0 Å². The minimum Gasteiger partial charge on any atom is -0.324 e. The molecule has 0 aliphatic rings. The van der Waals surface area contributed by atoms with Gasteiger partial charge in [-0.25, -0.2) is 0 Å². The maximum absolute atomic E-state index is 12.2. The van der Waals surface area contributed by atoms with Crippen LogP contribution in [0, 0.1) is 17.2 Å². The summed E-state index contributed by atoms with van der Waals surface area (Å²) in [7, 11) is 1.67. The SMILES string of the molecule is CCC(CC)C(=O)N(C)C(C#N)c1ccccn1. The number of nitriles is 1. The summed E-state index contributed by atoms with van der Waals surface area (Å²) in [4.78, 5) is 17.9. The van der Waals surface area contributed by atoms with E-state index in [1.807, 2.05) is 19.9 Å². The Morgan fingerprint density at radius 3 is 2.56 bits per heavy atom. The monoisotopic (exact) mass is 245 g/mol. The summed E-state index contributed by atoms with van der Waals surface area (Å²) < 4.78 is 0. The van der Waals surface area contributed by atoms with Gasteiger partial charge in [-0.1, -0.05) is 19.9 Å². The molecule has 1 amide bonds. The third-order valence-electron chi connectivity index (χ3n) is 3.16. The highest BCUT2D eigenvalue weighted by atomic mass is 16.2. The van der Waals surface area contributed by atoms with E-state index in [-0.39, 0.29) is 11.8 Å².